The maximum Gasteiger partial charge on any atom is 0.322 e. The number of imide groups is 1. The standard InChI is InChI=1S/C36H45ClFN9O4Si/c1-22-25(37)16-26-23(18-40-47(26)21-50-14-15-52(2,3)4)27(22)30-28(38)29-24(17-39-30)31(45-11-7-10-36(19-45)32(48)43-33(49)44-36)42-34(41-29)51-20-35-8-5-12-46(35)13-6-9-35/h16-18H,5-15,19-21H2,1-4H3,(H2,43,44,48,49)/t36-/m1/s1. The van der Waals surface area contributed by atoms with Crippen molar-refractivity contribution in [2.75, 3.05) is 44.3 Å². The Morgan fingerprint density at radius 1 is 1.04 bits per heavy atom. The lowest BCUT2D eigenvalue weighted by Gasteiger charge is -2.39. The van der Waals surface area contributed by atoms with E-state index in [1.165, 1.54) is 0 Å². The number of halogens is 2. The molecule has 52 heavy (non-hydrogen) atoms. The smallest absolute Gasteiger partial charge is 0.322 e. The normalized spacial score (nSPS) is 21.8. The fourth-order valence-electron chi connectivity index (χ4n) is 8.44. The second-order valence-corrected chi connectivity index (χ2v) is 22.0. The third kappa shape index (κ3) is 6.18. The van der Waals surface area contributed by atoms with Crippen LogP contribution in [0.2, 0.25) is 30.7 Å². The molecule has 4 aliphatic rings. The summed E-state index contributed by atoms with van der Waals surface area (Å²) in [6, 6.07) is 2.39. The van der Waals surface area contributed by atoms with Crippen LogP contribution in [0.25, 0.3) is 33.1 Å². The summed E-state index contributed by atoms with van der Waals surface area (Å²) in [6.45, 7) is 12.8. The predicted molar refractivity (Wildman–Crippen MR) is 199 cm³/mol. The van der Waals surface area contributed by atoms with E-state index in [0.717, 1.165) is 44.8 Å². The van der Waals surface area contributed by atoms with Gasteiger partial charge in [-0.1, -0.05) is 31.2 Å². The molecular weight excluding hydrogens is 705 g/mol. The van der Waals surface area contributed by atoms with Gasteiger partial charge in [0.1, 0.15) is 35.9 Å². The van der Waals surface area contributed by atoms with Crippen molar-refractivity contribution in [3.63, 3.8) is 0 Å². The van der Waals surface area contributed by atoms with Crippen LogP contribution in [0.4, 0.5) is 15.0 Å². The van der Waals surface area contributed by atoms with Gasteiger partial charge in [0.2, 0.25) is 0 Å². The Labute approximate surface area is 307 Å². The number of carbonyl (C=O) groups excluding carboxylic acids is 2. The minimum atomic E-state index is -1.27. The third-order valence-corrected chi connectivity index (χ3v) is 13.4. The molecule has 1 atom stereocenters. The quantitative estimate of drug-likeness (QED) is 0.119. The number of amides is 3. The highest BCUT2D eigenvalue weighted by Crippen LogP contribution is 2.42. The first-order chi connectivity index (χ1) is 24.9. The zero-order valence-electron chi connectivity index (χ0n) is 30.2. The first-order valence-electron chi connectivity index (χ1n) is 18.2. The van der Waals surface area contributed by atoms with Gasteiger partial charge in [-0.2, -0.15) is 15.1 Å². The van der Waals surface area contributed by atoms with Crippen molar-refractivity contribution in [2.45, 2.75) is 88.9 Å². The molecule has 7 heterocycles. The molecule has 3 aromatic heterocycles. The number of piperidine rings is 1. The van der Waals surface area contributed by atoms with E-state index in [-0.39, 0.29) is 41.9 Å². The van der Waals surface area contributed by atoms with Gasteiger partial charge in [0, 0.05) is 43.4 Å². The number of rotatable bonds is 10. The van der Waals surface area contributed by atoms with Crippen LogP contribution < -0.4 is 20.3 Å². The molecule has 0 aliphatic carbocycles. The van der Waals surface area contributed by atoms with Crippen molar-refractivity contribution in [1.82, 2.24) is 40.3 Å². The van der Waals surface area contributed by atoms with Gasteiger partial charge in [-0.05, 0) is 76.2 Å². The number of aromatic nitrogens is 5. The zero-order chi connectivity index (χ0) is 36.4. The van der Waals surface area contributed by atoms with E-state index in [2.05, 4.69) is 40.3 Å². The predicted octanol–water partition coefficient (Wildman–Crippen LogP) is 5.64. The van der Waals surface area contributed by atoms with Gasteiger partial charge >= 0.3 is 12.0 Å². The fourth-order valence-corrected chi connectivity index (χ4v) is 9.39. The molecule has 0 radical (unpaired) electrons. The van der Waals surface area contributed by atoms with Gasteiger partial charge in [-0.3, -0.25) is 20.0 Å². The molecule has 4 aromatic rings. The van der Waals surface area contributed by atoms with Gasteiger partial charge in [-0.15, -0.1) is 0 Å². The molecule has 0 unspecified atom stereocenters. The van der Waals surface area contributed by atoms with Gasteiger partial charge in [0.25, 0.3) is 5.91 Å². The number of hydrogen-bond donors (Lipinski definition) is 2. The lowest BCUT2D eigenvalue weighted by Crippen LogP contribution is -2.58. The fraction of sp³-hybridized carbons (Fsp3) is 0.556. The van der Waals surface area contributed by atoms with E-state index < -0.39 is 25.5 Å². The molecule has 4 saturated heterocycles. The van der Waals surface area contributed by atoms with E-state index in [9.17, 15) is 9.59 Å². The average Bonchev–Trinajstić information content (AvgIpc) is 3.86. The number of pyridine rings is 1. The van der Waals surface area contributed by atoms with E-state index in [0.29, 0.717) is 70.9 Å². The van der Waals surface area contributed by atoms with E-state index in [1.807, 2.05) is 17.9 Å². The van der Waals surface area contributed by atoms with Gasteiger partial charge in [-0.25, -0.2) is 13.9 Å². The molecule has 13 nitrogen and oxygen atoms in total. The topological polar surface area (TPSA) is 140 Å². The molecule has 3 amide bonds. The minimum absolute atomic E-state index is 0.0475. The van der Waals surface area contributed by atoms with Crippen LogP contribution in [0.3, 0.4) is 0 Å². The Kier molecular flexibility index (Phi) is 8.90. The van der Waals surface area contributed by atoms with Crippen LogP contribution in [0, 0.1) is 12.7 Å². The summed E-state index contributed by atoms with van der Waals surface area (Å²) in [5.74, 6) is -0.626. The largest absolute Gasteiger partial charge is 0.461 e. The molecule has 276 valence electrons. The lowest BCUT2D eigenvalue weighted by atomic mass is 9.89. The molecule has 8 rings (SSSR count). The summed E-state index contributed by atoms with van der Waals surface area (Å²) in [5.41, 5.74) is 0.824. The summed E-state index contributed by atoms with van der Waals surface area (Å²) in [7, 11) is -1.27. The molecule has 4 aliphatic heterocycles. The van der Waals surface area contributed by atoms with Crippen molar-refractivity contribution in [3.05, 3.63) is 34.9 Å². The summed E-state index contributed by atoms with van der Waals surface area (Å²) in [4.78, 5) is 43.8. The third-order valence-electron chi connectivity index (χ3n) is 11.3. The molecule has 0 saturated carbocycles. The molecule has 1 aromatic carbocycles. The number of benzene rings is 1. The Morgan fingerprint density at radius 2 is 1.81 bits per heavy atom. The SMILES string of the molecule is Cc1c(Cl)cc2c(cnn2COCC[Si](C)(C)C)c1-c1ncc2c(N3CCC[C@]4(C3)NC(=O)NC4=O)nc(OCC34CCCN3CCC4)nc2c1F. The second-order valence-electron chi connectivity index (χ2n) is 16.0. The van der Waals surface area contributed by atoms with E-state index in [4.69, 9.17) is 36.0 Å². The van der Waals surface area contributed by atoms with Gasteiger partial charge in [0.15, 0.2) is 5.82 Å². The first kappa shape index (κ1) is 35.1. The van der Waals surface area contributed by atoms with Crippen LogP contribution in [0.15, 0.2) is 18.5 Å². The van der Waals surface area contributed by atoms with Gasteiger partial charge in [0.05, 0.1) is 29.2 Å². The molecule has 1 spiro atoms. The molecule has 0 bridgehead atoms. The Morgan fingerprint density at radius 3 is 2.54 bits per heavy atom. The average molecular weight is 750 g/mol. The number of nitrogens with one attached hydrogen (secondary N) is 2. The summed E-state index contributed by atoms with van der Waals surface area (Å²) in [5, 5.41) is 11.3. The van der Waals surface area contributed by atoms with Crippen molar-refractivity contribution in [2.24, 2.45) is 0 Å². The molecule has 4 fully saturated rings. The van der Waals surface area contributed by atoms with Crippen LogP contribution >= 0.6 is 11.6 Å². The van der Waals surface area contributed by atoms with Crippen LogP contribution in [0.1, 0.15) is 44.1 Å². The maximum absolute atomic E-state index is 17.2. The van der Waals surface area contributed by atoms with Crippen LogP contribution in [-0.4, -0.2) is 100 Å². The number of nitrogens with zero attached hydrogens (tertiary/aromatic N) is 7. The summed E-state index contributed by atoms with van der Waals surface area (Å²) < 4.78 is 31.3. The zero-order valence-corrected chi connectivity index (χ0v) is 31.9. The minimum Gasteiger partial charge on any atom is -0.461 e. The van der Waals surface area contributed by atoms with Gasteiger partial charge < -0.3 is 19.7 Å². The van der Waals surface area contributed by atoms with Crippen molar-refractivity contribution in [3.8, 4) is 17.3 Å². The van der Waals surface area contributed by atoms with E-state index in [1.54, 1.807) is 17.1 Å². The Hall–Kier alpha value is -3.92. The monoisotopic (exact) mass is 749 g/mol. The number of fused-ring (bicyclic) bond motifs is 3. The Balaban J connectivity index is 1.20. The van der Waals surface area contributed by atoms with Crippen molar-refractivity contribution >= 4 is 59.2 Å². The van der Waals surface area contributed by atoms with Crippen molar-refractivity contribution in [1.29, 1.82) is 0 Å². The van der Waals surface area contributed by atoms with Crippen LogP contribution in [0.5, 0.6) is 6.01 Å². The van der Waals surface area contributed by atoms with E-state index >= 15 is 4.39 Å². The molecule has 16 heteroatoms. The van der Waals surface area contributed by atoms with Crippen LogP contribution in [-0.2, 0) is 16.3 Å². The number of ether oxygens (including phenoxy) is 2. The Bertz CT molecular complexity index is 2080. The highest BCUT2D eigenvalue weighted by atomic mass is 35.5. The maximum atomic E-state index is 17.2. The van der Waals surface area contributed by atoms with Crippen molar-refractivity contribution < 1.29 is 23.5 Å². The number of hydrogen-bond acceptors (Lipinski definition) is 10. The first-order valence-corrected chi connectivity index (χ1v) is 22.3. The lowest BCUT2D eigenvalue weighted by molar-refractivity contribution is -0.124. The number of anilines is 1. The summed E-state index contributed by atoms with van der Waals surface area (Å²) >= 11 is 6.80. The molecule has 2 N–H and O–H groups in total. The number of urea groups is 1. The highest BCUT2D eigenvalue weighted by molar-refractivity contribution is 6.76. The highest BCUT2D eigenvalue weighted by Gasteiger charge is 2.49. The number of carbonyl (C=O) groups is 2. The second kappa shape index (κ2) is 13.2. The molecular formula is C36H45ClFN9O4Si. The summed E-state index contributed by atoms with van der Waals surface area (Å²) in [6.07, 6.45) is 8.62.